The lowest BCUT2D eigenvalue weighted by Gasteiger charge is -2.09. The largest absolute Gasteiger partial charge is 0.331 e. The number of fused-ring (bicyclic) bond motifs is 1. The Balaban J connectivity index is 2.10. The van der Waals surface area contributed by atoms with E-state index in [2.05, 4.69) is 20.9 Å². The van der Waals surface area contributed by atoms with Crippen LogP contribution in [0.25, 0.3) is 11.0 Å². The number of aryl methyl sites for hydroxylation is 2. The van der Waals surface area contributed by atoms with Crippen LogP contribution in [0.15, 0.2) is 34.8 Å². The zero-order chi connectivity index (χ0) is 15.1. The number of halogens is 2. The van der Waals surface area contributed by atoms with Gasteiger partial charge in [0, 0.05) is 4.47 Å². The maximum atomic E-state index is 13.7. The molecule has 0 saturated carbocycles. The molecule has 3 rings (SSSR count). The van der Waals surface area contributed by atoms with Gasteiger partial charge in [0.05, 0.1) is 17.6 Å². The van der Waals surface area contributed by atoms with E-state index in [0.717, 1.165) is 21.1 Å². The second kappa shape index (κ2) is 5.39. The van der Waals surface area contributed by atoms with Crippen LogP contribution < -0.4 is 0 Å². The number of nitrogens with one attached hydrogen (secondary N) is 1. The van der Waals surface area contributed by atoms with Crippen LogP contribution in [0.2, 0.25) is 0 Å². The zero-order valence-corrected chi connectivity index (χ0v) is 14.1. The van der Waals surface area contributed by atoms with Crippen molar-refractivity contribution >= 4 is 39.2 Å². The van der Waals surface area contributed by atoms with Crippen LogP contribution in [0.3, 0.4) is 0 Å². The molecule has 0 bridgehead atoms. The molecule has 108 valence electrons. The summed E-state index contributed by atoms with van der Waals surface area (Å²) < 4.78 is 17.4. The molecule has 3 aromatic rings. The first-order chi connectivity index (χ1) is 9.95. The molecule has 1 aromatic heterocycles. The van der Waals surface area contributed by atoms with Crippen molar-refractivity contribution in [3.05, 3.63) is 62.1 Å². The van der Waals surface area contributed by atoms with E-state index in [1.54, 1.807) is 13.8 Å². The first-order valence-corrected chi connectivity index (χ1v) is 7.79. The van der Waals surface area contributed by atoms with E-state index < -0.39 is 0 Å². The molecule has 5 heteroatoms. The summed E-state index contributed by atoms with van der Waals surface area (Å²) in [6.07, 6.45) is 0. The van der Waals surface area contributed by atoms with Crippen LogP contribution in [-0.4, -0.2) is 9.55 Å². The fraction of sp³-hybridized carbons (Fsp3) is 0.188. The number of aromatic nitrogens is 2. The summed E-state index contributed by atoms with van der Waals surface area (Å²) in [5, 5.41) is 0. The molecule has 0 amide bonds. The molecule has 0 radical (unpaired) electrons. The molecule has 0 saturated heterocycles. The quantitative estimate of drug-likeness (QED) is 0.614. The Bertz CT molecular complexity index is 872. The molecule has 1 heterocycles. The summed E-state index contributed by atoms with van der Waals surface area (Å²) in [4.78, 5) is 3.20. The van der Waals surface area contributed by atoms with Crippen LogP contribution in [0.1, 0.15) is 16.7 Å². The van der Waals surface area contributed by atoms with Crippen LogP contribution in [0.5, 0.6) is 0 Å². The van der Waals surface area contributed by atoms with Crippen molar-refractivity contribution in [3.8, 4) is 0 Å². The summed E-state index contributed by atoms with van der Waals surface area (Å²) >= 11 is 8.86. The fourth-order valence-electron chi connectivity index (χ4n) is 2.60. The van der Waals surface area contributed by atoms with Crippen LogP contribution in [0, 0.1) is 24.4 Å². The number of benzene rings is 2. The normalized spacial score (nSPS) is 11.2. The van der Waals surface area contributed by atoms with Crippen molar-refractivity contribution in [2.24, 2.45) is 0 Å². The van der Waals surface area contributed by atoms with Crippen LogP contribution in [0.4, 0.5) is 4.39 Å². The monoisotopic (exact) mass is 364 g/mol. The van der Waals surface area contributed by atoms with Gasteiger partial charge in [-0.3, -0.25) is 0 Å². The smallest absolute Gasteiger partial charge is 0.178 e. The van der Waals surface area contributed by atoms with E-state index in [1.165, 1.54) is 0 Å². The second-order valence-corrected chi connectivity index (χ2v) is 6.52. The van der Waals surface area contributed by atoms with Gasteiger partial charge in [-0.25, -0.2) is 4.39 Å². The van der Waals surface area contributed by atoms with Gasteiger partial charge in [0.2, 0.25) is 0 Å². The molecule has 2 nitrogen and oxygen atoms in total. The van der Waals surface area contributed by atoms with E-state index in [-0.39, 0.29) is 5.82 Å². The third-order valence-electron chi connectivity index (χ3n) is 3.57. The SMILES string of the molecule is Cc1cc(Cn2c(=S)[nH]c3cc(Br)ccc32)cc(C)c1F. The lowest BCUT2D eigenvalue weighted by molar-refractivity contribution is 0.607. The molecule has 0 fully saturated rings. The minimum absolute atomic E-state index is 0.134. The number of nitrogens with zero attached hydrogens (tertiary/aromatic N) is 1. The van der Waals surface area contributed by atoms with E-state index >= 15 is 0 Å². The average molecular weight is 365 g/mol. The summed E-state index contributed by atoms with van der Waals surface area (Å²) in [5.74, 6) is -0.134. The molecule has 21 heavy (non-hydrogen) atoms. The third-order valence-corrected chi connectivity index (χ3v) is 4.39. The van der Waals surface area contributed by atoms with E-state index in [9.17, 15) is 4.39 Å². The van der Waals surface area contributed by atoms with Crippen molar-refractivity contribution in [2.45, 2.75) is 20.4 Å². The van der Waals surface area contributed by atoms with E-state index in [4.69, 9.17) is 12.2 Å². The predicted octanol–water partition coefficient (Wildman–Crippen LogP) is 5.27. The highest BCUT2D eigenvalue weighted by Crippen LogP contribution is 2.22. The minimum Gasteiger partial charge on any atom is -0.331 e. The topological polar surface area (TPSA) is 20.7 Å². The number of hydrogen-bond donors (Lipinski definition) is 1. The van der Waals surface area contributed by atoms with Gasteiger partial charge in [0.15, 0.2) is 4.77 Å². The molecular weight excluding hydrogens is 351 g/mol. The van der Waals surface area contributed by atoms with Gasteiger partial charge in [-0.05, 0) is 61.0 Å². The lowest BCUT2D eigenvalue weighted by atomic mass is 10.1. The van der Waals surface area contributed by atoms with Crippen LogP contribution >= 0.6 is 28.1 Å². The molecule has 1 N–H and O–H groups in total. The number of rotatable bonds is 2. The van der Waals surface area contributed by atoms with Gasteiger partial charge in [0.1, 0.15) is 5.82 Å². The Morgan fingerprint density at radius 2 is 1.86 bits per heavy atom. The molecule has 0 atom stereocenters. The minimum atomic E-state index is -0.134. The van der Waals surface area contributed by atoms with Crippen molar-refractivity contribution in [3.63, 3.8) is 0 Å². The first-order valence-electron chi connectivity index (χ1n) is 6.59. The highest BCUT2D eigenvalue weighted by Gasteiger charge is 2.08. The summed E-state index contributed by atoms with van der Waals surface area (Å²) in [6, 6.07) is 9.77. The molecule has 0 aliphatic rings. The Hall–Kier alpha value is -1.46. The van der Waals surface area contributed by atoms with Crippen molar-refractivity contribution < 1.29 is 4.39 Å². The Kier molecular flexibility index (Phi) is 3.71. The maximum absolute atomic E-state index is 13.7. The number of aromatic amines is 1. The summed E-state index contributed by atoms with van der Waals surface area (Å²) in [6.45, 7) is 4.21. The van der Waals surface area contributed by atoms with E-state index in [0.29, 0.717) is 22.4 Å². The summed E-state index contributed by atoms with van der Waals surface area (Å²) in [5.41, 5.74) is 4.41. The van der Waals surface area contributed by atoms with Gasteiger partial charge < -0.3 is 9.55 Å². The number of hydrogen-bond acceptors (Lipinski definition) is 1. The summed E-state index contributed by atoms with van der Waals surface area (Å²) in [7, 11) is 0. The lowest BCUT2D eigenvalue weighted by Crippen LogP contribution is -2.02. The predicted molar refractivity (Wildman–Crippen MR) is 89.8 cm³/mol. The van der Waals surface area contributed by atoms with Crippen molar-refractivity contribution in [1.29, 1.82) is 0 Å². The number of imidazole rings is 1. The Labute approximate surface area is 135 Å². The average Bonchev–Trinajstić information content (AvgIpc) is 2.71. The van der Waals surface area contributed by atoms with Crippen molar-refractivity contribution in [1.82, 2.24) is 9.55 Å². The Morgan fingerprint density at radius 1 is 1.19 bits per heavy atom. The Morgan fingerprint density at radius 3 is 2.52 bits per heavy atom. The fourth-order valence-corrected chi connectivity index (χ4v) is 3.24. The molecule has 0 aliphatic heterocycles. The zero-order valence-electron chi connectivity index (χ0n) is 11.7. The standard InChI is InChI=1S/C16H14BrFN2S/c1-9-5-11(6-10(2)15(9)18)8-20-14-4-3-12(17)7-13(14)19-16(20)21/h3-7H,8H2,1-2H3,(H,19,21). The van der Waals surface area contributed by atoms with Gasteiger partial charge in [0.25, 0.3) is 0 Å². The van der Waals surface area contributed by atoms with Gasteiger partial charge in [-0.2, -0.15) is 0 Å². The molecule has 0 aliphatic carbocycles. The van der Waals surface area contributed by atoms with Gasteiger partial charge in [-0.1, -0.05) is 28.1 Å². The van der Waals surface area contributed by atoms with E-state index in [1.807, 2.05) is 34.9 Å². The van der Waals surface area contributed by atoms with Gasteiger partial charge >= 0.3 is 0 Å². The van der Waals surface area contributed by atoms with Crippen LogP contribution in [-0.2, 0) is 6.54 Å². The number of H-pyrrole nitrogens is 1. The first kappa shape index (κ1) is 14.5. The molecular formula is C16H14BrFN2S. The molecule has 0 spiro atoms. The highest BCUT2D eigenvalue weighted by molar-refractivity contribution is 9.10. The highest BCUT2D eigenvalue weighted by atomic mass is 79.9. The van der Waals surface area contributed by atoms with Gasteiger partial charge in [-0.15, -0.1) is 0 Å². The third kappa shape index (κ3) is 2.68. The van der Waals surface area contributed by atoms with Crippen molar-refractivity contribution in [2.75, 3.05) is 0 Å². The molecule has 2 aromatic carbocycles. The second-order valence-electron chi connectivity index (χ2n) is 5.22. The maximum Gasteiger partial charge on any atom is 0.178 e. The molecule has 0 unspecified atom stereocenters.